The van der Waals surface area contributed by atoms with Crippen LogP contribution in [0.5, 0.6) is 0 Å². The van der Waals surface area contributed by atoms with Gasteiger partial charge in [-0.05, 0) is 17.2 Å². The molecular formula is C12H11NO2. The number of carboxylic acid groups (broad SMARTS) is 1. The van der Waals surface area contributed by atoms with E-state index in [1.165, 1.54) is 4.90 Å². The largest absolute Gasteiger partial charge is 0.465 e. The lowest BCUT2D eigenvalue weighted by atomic mass is 10.1. The molecule has 0 atom stereocenters. The van der Waals surface area contributed by atoms with Gasteiger partial charge in [-0.3, -0.25) is 4.90 Å². The fourth-order valence-electron chi connectivity index (χ4n) is 1.52. The van der Waals surface area contributed by atoms with Gasteiger partial charge < -0.3 is 5.11 Å². The topological polar surface area (TPSA) is 40.5 Å². The van der Waals surface area contributed by atoms with Crippen molar-refractivity contribution in [2.75, 3.05) is 0 Å². The van der Waals surface area contributed by atoms with Crippen LogP contribution in [0, 0.1) is 0 Å². The first-order valence-electron chi connectivity index (χ1n) is 4.70. The van der Waals surface area contributed by atoms with Gasteiger partial charge in [0.05, 0.1) is 6.54 Å². The van der Waals surface area contributed by atoms with Gasteiger partial charge in [-0.15, -0.1) is 0 Å². The Balaban J connectivity index is 2.40. The summed E-state index contributed by atoms with van der Waals surface area (Å²) < 4.78 is 0. The highest BCUT2D eigenvalue weighted by Gasteiger charge is 2.11. The molecule has 0 saturated carbocycles. The van der Waals surface area contributed by atoms with Gasteiger partial charge in [-0.1, -0.05) is 36.4 Å². The zero-order valence-corrected chi connectivity index (χ0v) is 8.13. The standard InChI is InChI=1S/C12H11NO2/c14-12(15)13-8-4-3-6-10-5-1-2-7-11(10)9-13/h1-8H,9H2,(H,14,15). The first-order chi connectivity index (χ1) is 7.27. The number of carbonyl (C=O) groups is 1. The third kappa shape index (κ3) is 2.07. The van der Waals surface area contributed by atoms with Gasteiger partial charge in [0.2, 0.25) is 0 Å². The monoisotopic (exact) mass is 201 g/mol. The van der Waals surface area contributed by atoms with Gasteiger partial charge in [0.1, 0.15) is 0 Å². The Morgan fingerprint density at radius 2 is 2.07 bits per heavy atom. The third-order valence-corrected chi connectivity index (χ3v) is 2.29. The molecule has 3 nitrogen and oxygen atoms in total. The number of allylic oxidation sites excluding steroid dienone is 2. The van der Waals surface area contributed by atoms with Gasteiger partial charge in [0.15, 0.2) is 0 Å². The van der Waals surface area contributed by atoms with Crippen molar-refractivity contribution in [3.63, 3.8) is 0 Å². The van der Waals surface area contributed by atoms with Crippen molar-refractivity contribution in [2.45, 2.75) is 6.54 Å². The number of hydrogen-bond acceptors (Lipinski definition) is 1. The van der Waals surface area contributed by atoms with Crippen molar-refractivity contribution in [2.24, 2.45) is 0 Å². The summed E-state index contributed by atoms with van der Waals surface area (Å²) in [5, 5.41) is 8.93. The molecule has 0 aromatic heterocycles. The molecule has 1 heterocycles. The molecule has 1 aromatic rings. The molecular weight excluding hydrogens is 190 g/mol. The van der Waals surface area contributed by atoms with Crippen LogP contribution in [0.3, 0.4) is 0 Å². The van der Waals surface area contributed by atoms with E-state index in [-0.39, 0.29) is 0 Å². The minimum atomic E-state index is -0.934. The molecule has 1 aliphatic heterocycles. The second-order valence-corrected chi connectivity index (χ2v) is 3.31. The average molecular weight is 201 g/mol. The Kier molecular flexibility index (Phi) is 2.54. The summed E-state index contributed by atoms with van der Waals surface area (Å²) in [6.45, 7) is 0.395. The van der Waals surface area contributed by atoms with E-state index in [2.05, 4.69) is 0 Å². The zero-order chi connectivity index (χ0) is 10.7. The molecule has 76 valence electrons. The number of benzene rings is 1. The summed E-state index contributed by atoms with van der Waals surface area (Å²) in [4.78, 5) is 12.1. The maximum Gasteiger partial charge on any atom is 0.411 e. The van der Waals surface area contributed by atoms with Crippen LogP contribution in [-0.2, 0) is 6.54 Å². The molecule has 1 N–H and O–H groups in total. The Morgan fingerprint density at radius 1 is 1.27 bits per heavy atom. The predicted octanol–water partition coefficient (Wildman–Crippen LogP) is 2.71. The predicted molar refractivity (Wildman–Crippen MR) is 58.2 cm³/mol. The van der Waals surface area contributed by atoms with Crippen molar-refractivity contribution in [1.82, 2.24) is 4.90 Å². The Morgan fingerprint density at radius 3 is 2.87 bits per heavy atom. The van der Waals surface area contributed by atoms with Crippen LogP contribution in [0.1, 0.15) is 11.1 Å². The molecule has 0 bridgehead atoms. The lowest BCUT2D eigenvalue weighted by molar-refractivity contribution is 0.161. The zero-order valence-electron chi connectivity index (χ0n) is 8.13. The quantitative estimate of drug-likeness (QED) is 0.701. The number of fused-ring (bicyclic) bond motifs is 1. The van der Waals surface area contributed by atoms with Crippen LogP contribution in [0.25, 0.3) is 6.08 Å². The SMILES string of the molecule is O=C(O)N1C=CC=Cc2ccccc2C1. The summed E-state index contributed by atoms with van der Waals surface area (Å²) in [7, 11) is 0. The molecule has 2 rings (SSSR count). The lowest BCUT2D eigenvalue weighted by Gasteiger charge is -2.17. The van der Waals surface area contributed by atoms with Crippen molar-refractivity contribution in [3.05, 3.63) is 53.7 Å². The smallest absolute Gasteiger partial charge is 0.411 e. The van der Waals surface area contributed by atoms with Crippen molar-refractivity contribution < 1.29 is 9.90 Å². The van der Waals surface area contributed by atoms with Gasteiger partial charge in [-0.25, -0.2) is 4.79 Å². The van der Waals surface area contributed by atoms with Crippen LogP contribution < -0.4 is 0 Å². The van der Waals surface area contributed by atoms with E-state index in [0.29, 0.717) is 6.54 Å². The molecule has 0 saturated heterocycles. The molecule has 15 heavy (non-hydrogen) atoms. The molecule has 1 aromatic carbocycles. The second-order valence-electron chi connectivity index (χ2n) is 3.31. The Hall–Kier alpha value is -2.03. The van der Waals surface area contributed by atoms with Crippen LogP contribution in [0.2, 0.25) is 0 Å². The summed E-state index contributed by atoms with van der Waals surface area (Å²) in [5.74, 6) is 0. The Bertz CT molecular complexity index is 435. The number of hydrogen-bond donors (Lipinski definition) is 1. The highest BCUT2D eigenvalue weighted by molar-refractivity contribution is 5.67. The van der Waals surface area contributed by atoms with Gasteiger partial charge >= 0.3 is 6.09 Å². The maximum atomic E-state index is 10.9. The molecule has 0 aliphatic carbocycles. The van der Waals surface area contributed by atoms with Gasteiger partial charge in [-0.2, -0.15) is 0 Å². The van der Waals surface area contributed by atoms with Crippen LogP contribution >= 0.6 is 0 Å². The average Bonchev–Trinajstić information content (AvgIpc) is 2.18. The molecule has 0 radical (unpaired) electrons. The van der Waals surface area contributed by atoms with E-state index in [0.717, 1.165) is 11.1 Å². The summed E-state index contributed by atoms with van der Waals surface area (Å²) in [6.07, 6.45) is 6.17. The highest BCUT2D eigenvalue weighted by Crippen LogP contribution is 2.15. The van der Waals surface area contributed by atoms with Crippen LogP contribution in [0.15, 0.2) is 42.6 Å². The Labute approximate surface area is 88.0 Å². The molecule has 1 aliphatic rings. The summed E-state index contributed by atoms with van der Waals surface area (Å²) in [6, 6.07) is 7.78. The lowest BCUT2D eigenvalue weighted by Crippen LogP contribution is -2.23. The number of amides is 1. The van der Waals surface area contributed by atoms with Crippen LogP contribution in [-0.4, -0.2) is 16.1 Å². The van der Waals surface area contributed by atoms with E-state index < -0.39 is 6.09 Å². The van der Waals surface area contributed by atoms with E-state index >= 15 is 0 Å². The maximum absolute atomic E-state index is 10.9. The minimum Gasteiger partial charge on any atom is -0.465 e. The summed E-state index contributed by atoms with van der Waals surface area (Å²) >= 11 is 0. The van der Waals surface area contributed by atoms with Gasteiger partial charge in [0.25, 0.3) is 0 Å². The van der Waals surface area contributed by atoms with E-state index in [9.17, 15) is 4.79 Å². The van der Waals surface area contributed by atoms with E-state index in [1.807, 2.05) is 36.4 Å². The minimum absolute atomic E-state index is 0.395. The number of nitrogens with zero attached hydrogens (tertiary/aromatic N) is 1. The van der Waals surface area contributed by atoms with Crippen molar-refractivity contribution >= 4 is 12.2 Å². The highest BCUT2D eigenvalue weighted by atomic mass is 16.4. The molecule has 1 amide bonds. The van der Waals surface area contributed by atoms with E-state index in [4.69, 9.17) is 5.11 Å². The first kappa shape index (κ1) is 9.52. The van der Waals surface area contributed by atoms with Gasteiger partial charge in [0, 0.05) is 6.20 Å². The number of rotatable bonds is 0. The van der Waals surface area contributed by atoms with E-state index in [1.54, 1.807) is 12.3 Å². The molecule has 0 fully saturated rings. The second kappa shape index (κ2) is 4.00. The normalized spacial score (nSPS) is 14.3. The molecule has 3 heteroatoms. The fourth-order valence-corrected chi connectivity index (χ4v) is 1.52. The van der Waals surface area contributed by atoms with Crippen molar-refractivity contribution in [3.8, 4) is 0 Å². The third-order valence-electron chi connectivity index (χ3n) is 2.29. The molecule has 0 unspecified atom stereocenters. The summed E-state index contributed by atoms with van der Waals surface area (Å²) in [5.41, 5.74) is 2.08. The van der Waals surface area contributed by atoms with Crippen molar-refractivity contribution in [1.29, 1.82) is 0 Å². The van der Waals surface area contributed by atoms with Crippen LogP contribution in [0.4, 0.5) is 4.79 Å². The molecule has 0 spiro atoms. The fraction of sp³-hybridized carbons (Fsp3) is 0.0833. The first-order valence-corrected chi connectivity index (χ1v) is 4.70.